The fraction of sp³-hybridized carbons (Fsp3) is 0.269. The van der Waals surface area contributed by atoms with Crippen molar-refractivity contribution in [3.05, 3.63) is 108 Å². The van der Waals surface area contributed by atoms with E-state index in [1.165, 1.54) is 16.7 Å². The number of nitrogens with one attached hydrogen (secondary N) is 1. The molecule has 30 heavy (non-hydrogen) atoms. The maximum Gasteiger partial charge on any atom is 0.407 e. The van der Waals surface area contributed by atoms with Crippen molar-refractivity contribution in [1.82, 2.24) is 5.32 Å². The Bertz CT molecular complexity index is 825. The maximum atomic E-state index is 12.1. The molecule has 0 aromatic heterocycles. The number of alkyl carbamates (subject to hydrolysis) is 1. The van der Waals surface area contributed by atoms with Crippen LogP contribution in [-0.2, 0) is 9.48 Å². The van der Waals surface area contributed by atoms with E-state index in [1.54, 1.807) is 0 Å². The lowest BCUT2D eigenvalue weighted by Crippen LogP contribution is -2.34. The van der Waals surface area contributed by atoms with Gasteiger partial charge in [-0.2, -0.15) is 0 Å². The van der Waals surface area contributed by atoms with Crippen molar-refractivity contribution < 1.29 is 9.53 Å². The van der Waals surface area contributed by atoms with Crippen molar-refractivity contribution in [3.8, 4) is 0 Å². The van der Waals surface area contributed by atoms with Crippen LogP contribution in [-0.4, -0.2) is 24.0 Å². The minimum absolute atomic E-state index is 0.376. The Balaban J connectivity index is 1.91. The van der Waals surface area contributed by atoms with Crippen molar-refractivity contribution in [2.45, 2.75) is 31.1 Å². The van der Waals surface area contributed by atoms with Crippen molar-refractivity contribution in [2.24, 2.45) is 0 Å². The van der Waals surface area contributed by atoms with Gasteiger partial charge in [-0.1, -0.05) is 91.0 Å². The zero-order valence-corrected chi connectivity index (χ0v) is 18.6. The zero-order valence-electron chi connectivity index (χ0n) is 17.8. The van der Waals surface area contributed by atoms with E-state index < -0.39 is 5.60 Å². The summed E-state index contributed by atoms with van der Waals surface area (Å²) < 4.78 is 4.99. The lowest BCUT2D eigenvalue weighted by molar-refractivity contribution is 0.0531. The highest BCUT2D eigenvalue weighted by atomic mass is 32.2. The molecule has 3 aromatic carbocycles. The lowest BCUT2D eigenvalue weighted by Gasteiger charge is -2.35. The number of hydrogen-bond donors (Lipinski definition) is 1. The lowest BCUT2D eigenvalue weighted by atomic mass is 9.84. The SMILES string of the molecule is CC(C)(C)OC(=O)NCCSC(c1ccccc1)(c1ccccc1)c1ccccc1. The zero-order chi connectivity index (χ0) is 21.5. The highest BCUT2D eigenvalue weighted by Crippen LogP contribution is 2.48. The Hall–Kier alpha value is -2.72. The monoisotopic (exact) mass is 419 g/mol. The third-order valence-electron chi connectivity index (χ3n) is 4.63. The molecule has 0 fully saturated rings. The Morgan fingerprint density at radius 1 is 0.767 bits per heavy atom. The molecule has 0 heterocycles. The Morgan fingerprint density at radius 3 is 1.53 bits per heavy atom. The molecule has 0 saturated carbocycles. The standard InChI is InChI=1S/C26H29NO2S/c1-25(2,3)29-24(28)27-19-20-30-26(21-13-7-4-8-14-21,22-15-9-5-10-16-22)23-17-11-6-12-18-23/h4-18H,19-20H2,1-3H3,(H,27,28). The summed E-state index contributed by atoms with van der Waals surface area (Å²) in [6.45, 7) is 6.12. The van der Waals surface area contributed by atoms with Crippen LogP contribution in [0.1, 0.15) is 37.5 Å². The van der Waals surface area contributed by atoms with Crippen molar-refractivity contribution >= 4 is 17.9 Å². The summed E-state index contributed by atoms with van der Waals surface area (Å²) in [7, 11) is 0. The fourth-order valence-electron chi connectivity index (χ4n) is 3.44. The van der Waals surface area contributed by atoms with E-state index in [4.69, 9.17) is 4.74 Å². The van der Waals surface area contributed by atoms with E-state index in [-0.39, 0.29) is 10.8 Å². The number of carbonyl (C=O) groups is 1. The van der Waals surface area contributed by atoms with E-state index in [2.05, 4.69) is 78.1 Å². The first-order valence-corrected chi connectivity index (χ1v) is 11.2. The van der Waals surface area contributed by atoms with Crippen LogP contribution < -0.4 is 5.32 Å². The number of benzene rings is 3. The van der Waals surface area contributed by atoms with E-state index in [0.717, 1.165) is 5.75 Å². The second kappa shape index (κ2) is 9.86. The van der Waals surface area contributed by atoms with Crippen LogP contribution in [0, 0.1) is 0 Å². The third kappa shape index (κ3) is 5.45. The number of hydrogen-bond acceptors (Lipinski definition) is 3. The number of amides is 1. The van der Waals surface area contributed by atoms with Crippen LogP contribution in [0.25, 0.3) is 0 Å². The van der Waals surface area contributed by atoms with E-state index in [9.17, 15) is 4.79 Å². The van der Waals surface area contributed by atoms with Gasteiger partial charge in [0.15, 0.2) is 0 Å². The quantitative estimate of drug-likeness (QED) is 0.364. The summed E-state index contributed by atoms with van der Waals surface area (Å²) in [5.41, 5.74) is 3.14. The first-order valence-electron chi connectivity index (χ1n) is 10.2. The van der Waals surface area contributed by atoms with Crippen LogP contribution in [0.15, 0.2) is 91.0 Å². The molecule has 1 amide bonds. The van der Waals surface area contributed by atoms with E-state index >= 15 is 0 Å². The van der Waals surface area contributed by atoms with Gasteiger partial charge in [0.25, 0.3) is 0 Å². The molecule has 3 aromatic rings. The average Bonchev–Trinajstić information content (AvgIpc) is 2.75. The minimum Gasteiger partial charge on any atom is -0.444 e. The molecule has 0 spiro atoms. The molecule has 0 aliphatic heterocycles. The molecule has 0 aliphatic rings. The molecule has 3 nitrogen and oxygen atoms in total. The van der Waals surface area contributed by atoms with Crippen LogP contribution in [0.5, 0.6) is 0 Å². The van der Waals surface area contributed by atoms with E-state index in [1.807, 2.05) is 50.7 Å². The molecule has 156 valence electrons. The van der Waals surface area contributed by atoms with Gasteiger partial charge < -0.3 is 10.1 Å². The fourth-order valence-corrected chi connectivity index (χ4v) is 4.86. The smallest absolute Gasteiger partial charge is 0.407 e. The highest BCUT2D eigenvalue weighted by Gasteiger charge is 2.36. The van der Waals surface area contributed by atoms with Gasteiger partial charge >= 0.3 is 6.09 Å². The van der Waals surface area contributed by atoms with Crippen molar-refractivity contribution in [1.29, 1.82) is 0 Å². The van der Waals surface area contributed by atoms with Crippen LogP contribution in [0.2, 0.25) is 0 Å². The highest BCUT2D eigenvalue weighted by molar-refractivity contribution is 8.00. The predicted molar refractivity (Wildman–Crippen MR) is 126 cm³/mol. The molecule has 0 aliphatic carbocycles. The van der Waals surface area contributed by atoms with Gasteiger partial charge in [0, 0.05) is 12.3 Å². The van der Waals surface area contributed by atoms with Gasteiger partial charge in [0.05, 0.1) is 4.75 Å². The van der Waals surface area contributed by atoms with Crippen molar-refractivity contribution in [2.75, 3.05) is 12.3 Å². The minimum atomic E-state index is -0.501. The predicted octanol–water partition coefficient (Wildman–Crippen LogP) is 6.24. The van der Waals surface area contributed by atoms with E-state index in [0.29, 0.717) is 6.54 Å². The second-order valence-corrected chi connectivity index (χ2v) is 9.37. The Labute approximate surface area is 183 Å². The first kappa shape index (κ1) is 22.0. The van der Waals surface area contributed by atoms with Crippen LogP contribution >= 0.6 is 11.8 Å². The number of carbonyl (C=O) groups excluding carboxylic acids is 1. The molecular weight excluding hydrogens is 390 g/mol. The Kier molecular flexibility index (Phi) is 7.22. The van der Waals surface area contributed by atoms with Gasteiger partial charge in [-0.15, -0.1) is 11.8 Å². The normalized spacial score (nSPS) is 11.7. The number of thioether (sulfide) groups is 1. The second-order valence-electron chi connectivity index (χ2n) is 8.06. The summed E-state index contributed by atoms with van der Waals surface area (Å²) in [5, 5.41) is 2.88. The molecule has 0 atom stereocenters. The molecule has 1 N–H and O–H groups in total. The van der Waals surface area contributed by atoms with Crippen LogP contribution in [0.3, 0.4) is 0 Å². The number of rotatable bonds is 7. The molecular formula is C26H29NO2S. The van der Waals surface area contributed by atoms with Crippen molar-refractivity contribution in [3.63, 3.8) is 0 Å². The van der Waals surface area contributed by atoms with Crippen LogP contribution in [0.4, 0.5) is 4.79 Å². The van der Waals surface area contributed by atoms with Gasteiger partial charge in [0.1, 0.15) is 5.60 Å². The Morgan fingerprint density at radius 2 is 1.17 bits per heavy atom. The third-order valence-corrected chi connectivity index (χ3v) is 6.18. The molecule has 0 saturated heterocycles. The largest absolute Gasteiger partial charge is 0.444 e. The molecule has 4 heteroatoms. The summed E-state index contributed by atoms with van der Waals surface area (Å²) >= 11 is 1.82. The molecule has 0 bridgehead atoms. The van der Waals surface area contributed by atoms with Gasteiger partial charge in [-0.25, -0.2) is 4.79 Å². The van der Waals surface area contributed by atoms with Gasteiger partial charge in [-0.05, 0) is 37.5 Å². The first-order chi connectivity index (χ1) is 14.4. The summed E-state index contributed by atoms with van der Waals surface area (Å²) in [5.74, 6) is 0.734. The summed E-state index contributed by atoms with van der Waals surface area (Å²) in [6, 6.07) is 31.6. The summed E-state index contributed by atoms with van der Waals surface area (Å²) in [6.07, 6.45) is -0.382. The van der Waals surface area contributed by atoms with Gasteiger partial charge in [-0.3, -0.25) is 0 Å². The topological polar surface area (TPSA) is 38.3 Å². The molecule has 0 unspecified atom stereocenters. The molecule has 0 radical (unpaired) electrons. The average molecular weight is 420 g/mol. The summed E-state index contributed by atoms with van der Waals surface area (Å²) in [4.78, 5) is 12.1. The number of ether oxygens (including phenoxy) is 1. The van der Waals surface area contributed by atoms with Gasteiger partial charge in [0.2, 0.25) is 0 Å². The maximum absolute atomic E-state index is 12.1. The molecule has 3 rings (SSSR count).